The minimum Gasteiger partial charge on any atom is -0.456 e. The van der Waals surface area contributed by atoms with Gasteiger partial charge in [0.1, 0.15) is 11.0 Å². The number of fused-ring (bicyclic) bond motifs is 6. The van der Waals surface area contributed by atoms with E-state index in [1.54, 1.807) is 0 Å². The summed E-state index contributed by atoms with van der Waals surface area (Å²) in [4.78, 5) is 16.9. The summed E-state index contributed by atoms with van der Waals surface area (Å²) in [5.74, 6) is 2.36. The molecule has 7 aromatic rings. The Morgan fingerprint density at radius 3 is 2.16 bits per heavy atom. The van der Waals surface area contributed by atoms with Gasteiger partial charge in [-0.05, 0) is 58.5 Å². The molecule has 4 nitrogen and oxygen atoms in total. The normalized spacial score (nSPS) is 17.1. The first-order chi connectivity index (χ1) is 25.3. The summed E-state index contributed by atoms with van der Waals surface area (Å²) in [7, 11) is 0. The van der Waals surface area contributed by atoms with Crippen molar-refractivity contribution in [3.05, 3.63) is 180 Å². The van der Waals surface area contributed by atoms with Crippen molar-refractivity contribution in [1.82, 2.24) is 15.0 Å². The standard InChI is InChI=1S/C46H31N3OS/c1-3-13-29(14-4-1)31-17-11-18-32(27-31)33-25-26-39-38(28-33)42-36(20-7-9-23-40(42)50-39)45-47-44(30-15-5-2-6-16-30)48-46(49-45)37-22-12-21-35-34-19-8-10-24-41(34)51-43(35)37/h1-19,21-28,34,41H,20H2. The van der Waals surface area contributed by atoms with Crippen molar-refractivity contribution in [3.8, 4) is 45.0 Å². The van der Waals surface area contributed by atoms with E-state index in [0.29, 0.717) is 35.1 Å². The summed E-state index contributed by atoms with van der Waals surface area (Å²) in [5.41, 5.74) is 10.7. The van der Waals surface area contributed by atoms with Crippen LogP contribution in [0.5, 0.6) is 0 Å². The molecule has 0 amide bonds. The summed E-state index contributed by atoms with van der Waals surface area (Å²) in [6, 6.07) is 42.5. The summed E-state index contributed by atoms with van der Waals surface area (Å²) < 4.78 is 6.54. The molecule has 0 radical (unpaired) electrons. The van der Waals surface area contributed by atoms with Crippen LogP contribution in [0.2, 0.25) is 0 Å². The minimum atomic E-state index is 0.351. The molecule has 0 fully saturated rings. The lowest BCUT2D eigenvalue weighted by molar-refractivity contribution is 0.575. The van der Waals surface area contributed by atoms with Gasteiger partial charge in [-0.2, -0.15) is 0 Å². The van der Waals surface area contributed by atoms with E-state index in [9.17, 15) is 0 Å². The highest BCUT2D eigenvalue weighted by molar-refractivity contribution is 8.00. The lowest BCUT2D eigenvalue weighted by atomic mass is 9.91. The number of aromatic nitrogens is 3. The maximum atomic E-state index is 6.54. The second-order valence-electron chi connectivity index (χ2n) is 13.1. The largest absolute Gasteiger partial charge is 0.456 e. The van der Waals surface area contributed by atoms with Gasteiger partial charge >= 0.3 is 0 Å². The fourth-order valence-corrected chi connectivity index (χ4v) is 8.92. The Hall–Kier alpha value is -6.04. The monoisotopic (exact) mass is 673 g/mol. The summed E-state index contributed by atoms with van der Waals surface area (Å²) in [6.45, 7) is 0. The van der Waals surface area contributed by atoms with Crippen LogP contribution in [-0.2, 0) is 0 Å². The van der Waals surface area contributed by atoms with Gasteiger partial charge in [0.15, 0.2) is 17.5 Å². The molecule has 5 aromatic carbocycles. The molecular weight excluding hydrogens is 643 g/mol. The fourth-order valence-electron chi connectivity index (χ4n) is 7.47. The van der Waals surface area contributed by atoms with Gasteiger partial charge in [0.2, 0.25) is 0 Å². The Labute approximate surface area is 300 Å². The predicted molar refractivity (Wildman–Crippen MR) is 208 cm³/mol. The zero-order chi connectivity index (χ0) is 33.7. The highest BCUT2D eigenvalue weighted by atomic mass is 32.2. The molecule has 5 heteroatoms. The van der Waals surface area contributed by atoms with Gasteiger partial charge in [-0.15, -0.1) is 11.8 Å². The van der Waals surface area contributed by atoms with Crippen molar-refractivity contribution >= 4 is 34.4 Å². The smallest absolute Gasteiger partial charge is 0.165 e. The second kappa shape index (κ2) is 12.4. The number of nitrogens with zero attached hydrogens (tertiary/aromatic N) is 3. The van der Waals surface area contributed by atoms with E-state index in [2.05, 4.69) is 146 Å². The Balaban J connectivity index is 1.18. The van der Waals surface area contributed by atoms with Crippen LogP contribution >= 0.6 is 11.8 Å². The third kappa shape index (κ3) is 5.29. The second-order valence-corrected chi connectivity index (χ2v) is 14.2. The highest BCUT2D eigenvalue weighted by Crippen LogP contribution is 2.51. The lowest BCUT2D eigenvalue weighted by Gasteiger charge is -2.14. The first-order valence-electron chi connectivity index (χ1n) is 17.3. The van der Waals surface area contributed by atoms with Crippen molar-refractivity contribution in [3.63, 3.8) is 0 Å². The molecule has 0 saturated heterocycles. The van der Waals surface area contributed by atoms with E-state index in [4.69, 9.17) is 19.4 Å². The molecule has 242 valence electrons. The molecule has 0 N–H and O–H groups in total. The number of rotatable bonds is 5. The van der Waals surface area contributed by atoms with Crippen molar-refractivity contribution in [2.24, 2.45) is 0 Å². The van der Waals surface area contributed by atoms with Crippen LogP contribution in [0.25, 0.3) is 67.6 Å². The molecule has 2 aromatic heterocycles. The molecular formula is C46H31N3OS. The van der Waals surface area contributed by atoms with Crippen LogP contribution in [0, 0.1) is 0 Å². The molecule has 51 heavy (non-hydrogen) atoms. The number of furan rings is 1. The molecule has 1 aliphatic heterocycles. The third-order valence-corrected chi connectivity index (χ3v) is 11.4. The molecule has 2 unspecified atom stereocenters. The molecule has 3 aliphatic rings. The van der Waals surface area contributed by atoms with Gasteiger partial charge < -0.3 is 4.42 Å². The average Bonchev–Trinajstić information content (AvgIpc) is 3.68. The molecule has 2 aliphatic carbocycles. The molecule has 2 atom stereocenters. The highest BCUT2D eigenvalue weighted by Gasteiger charge is 2.33. The quantitative estimate of drug-likeness (QED) is 0.182. The van der Waals surface area contributed by atoms with Crippen molar-refractivity contribution in [1.29, 1.82) is 0 Å². The van der Waals surface area contributed by atoms with Gasteiger partial charge in [0, 0.05) is 43.4 Å². The van der Waals surface area contributed by atoms with Gasteiger partial charge in [-0.1, -0.05) is 140 Å². The van der Waals surface area contributed by atoms with E-state index in [-0.39, 0.29) is 0 Å². The van der Waals surface area contributed by atoms with Gasteiger partial charge in [-0.25, -0.2) is 15.0 Å². The Morgan fingerprint density at radius 2 is 1.29 bits per heavy atom. The number of hydrogen-bond acceptors (Lipinski definition) is 5. The average molecular weight is 674 g/mol. The molecule has 10 rings (SSSR count). The van der Waals surface area contributed by atoms with Crippen LogP contribution in [0.1, 0.15) is 23.7 Å². The Bertz CT molecular complexity index is 2710. The number of benzene rings is 5. The Morgan fingerprint density at radius 1 is 0.588 bits per heavy atom. The predicted octanol–water partition coefficient (Wildman–Crippen LogP) is 9.91. The lowest BCUT2D eigenvalue weighted by Crippen LogP contribution is -2.24. The van der Waals surface area contributed by atoms with E-state index in [0.717, 1.165) is 49.4 Å². The van der Waals surface area contributed by atoms with Crippen molar-refractivity contribution in [2.75, 3.05) is 0 Å². The molecule has 0 saturated carbocycles. The Kier molecular flexibility index (Phi) is 7.24. The number of allylic oxidation sites excluding steroid dienone is 5. The van der Waals surface area contributed by atoms with Crippen LogP contribution < -0.4 is 10.6 Å². The number of thioether (sulfide) groups is 1. The molecule has 0 spiro atoms. The topological polar surface area (TPSA) is 51.8 Å². The van der Waals surface area contributed by atoms with E-state index in [1.807, 2.05) is 30.0 Å². The first-order valence-corrected chi connectivity index (χ1v) is 18.2. The van der Waals surface area contributed by atoms with Crippen molar-refractivity contribution < 1.29 is 4.42 Å². The molecule has 3 heterocycles. The maximum Gasteiger partial charge on any atom is 0.165 e. The summed E-state index contributed by atoms with van der Waals surface area (Å²) >= 11 is 1.90. The maximum absolute atomic E-state index is 6.54. The zero-order valence-electron chi connectivity index (χ0n) is 27.6. The van der Waals surface area contributed by atoms with Crippen LogP contribution in [0.3, 0.4) is 0 Å². The SMILES string of the molecule is C1=CCC(c2nc(-c3ccccc3)nc(-c3cccc4c3SC3C=CC=CC43)n2)=c2c(oc3ccc(-c4cccc(-c5ccccc5)c4)cc23)=C1. The fraction of sp³-hybridized carbons (Fsp3) is 0.0652. The first kappa shape index (κ1) is 29.8. The van der Waals surface area contributed by atoms with Gasteiger partial charge in [-0.3, -0.25) is 0 Å². The minimum absolute atomic E-state index is 0.351. The van der Waals surface area contributed by atoms with Gasteiger partial charge in [0.05, 0.1) is 0 Å². The van der Waals surface area contributed by atoms with Gasteiger partial charge in [0.25, 0.3) is 0 Å². The van der Waals surface area contributed by atoms with E-state index >= 15 is 0 Å². The summed E-state index contributed by atoms with van der Waals surface area (Å²) in [6.07, 6.45) is 15.9. The van der Waals surface area contributed by atoms with Crippen LogP contribution in [0.15, 0.2) is 167 Å². The third-order valence-electron chi connectivity index (χ3n) is 9.95. The van der Waals surface area contributed by atoms with E-state index in [1.165, 1.54) is 21.6 Å². The van der Waals surface area contributed by atoms with Crippen LogP contribution in [-0.4, -0.2) is 20.2 Å². The number of hydrogen-bond donors (Lipinski definition) is 0. The van der Waals surface area contributed by atoms with Crippen molar-refractivity contribution in [2.45, 2.75) is 22.5 Å². The summed E-state index contributed by atoms with van der Waals surface area (Å²) in [5, 5.41) is 2.45. The zero-order valence-corrected chi connectivity index (χ0v) is 28.4. The molecule has 0 bridgehead atoms. The van der Waals surface area contributed by atoms with E-state index < -0.39 is 0 Å². The van der Waals surface area contributed by atoms with Crippen LogP contribution in [0.4, 0.5) is 0 Å².